The van der Waals surface area contributed by atoms with Crippen molar-refractivity contribution in [2.24, 2.45) is 0 Å². The Kier molecular flexibility index (Phi) is 3.02. The smallest absolute Gasteiger partial charge is 0.0756 e. The van der Waals surface area contributed by atoms with Crippen LogP contribution in [0.1, 0.15) is 24.1 Å². The van der Waals surface area contributed by atoms with Crippen LogP contribution < -0.4 is 5.32 Å². The minimum Gasteiger partial charge on any atom is -0.381 e. The van der Waals surface area contributed by atoms with Gasteiger partial charge in [0.15, 0.2) is 0 Å². The number of nitrogens with zero attached hydrogens (tertiary/aromatic N) is 1. The van der Waals surface area contributed by atoms with Gasteiger partial charge in [-0.2, -0.15) is 0 Å². The lowest BCUT2D eigenvalue weighted by Gasteiger charge is -2.22. The highest BCUT2D eigenvalue weighted by molar-refractivity contribution is 6.39. The Morgan fingerprint density at radius 2 is 2.10 bits per heavy atom. The number of rotatable bonds is 2. The van der Waals surface area contributed by atoms with Crippen molar-refractivity contribution in [2.45, 2.75) is 31.9 Å². The second-order valence-corrected chi connectivity index (χ2v) is 6.26. The molecule has 0 spiro atoms. The summed E-state index contributed by atoms with van der Waals surface area (Å²) < 4.78 is 5.60. The van der Waals surface area contributed by atoms with Crippen LogP contribution in [0.3, 0.4) is 0 Å². The van der Waals surface area contributed by atoms with Crippen LogP contribution in [0.15, 0.2) is 12.1 Å². The van der Waals surface area contributed by atoms with Gasteiger partial charge in [-0.15, -0.1) is 0 Å². The SMILES string of the molecule is Clc1cc(Cl)c2c(NC3CC3)c3c(nc2c1)CCOC3. The summed E-state index contributed by atoms with van der Waals surface area (Å²) in [5, 5.41) is 5.84. The normalized spacial score (nSPS) is 18.1. The Morgan fingerprint density at radius 1 is 1.25 bits per heavy atom. The van der Waals surface area contributed by atoms with Gasteiger partial charge >= 0.3 is 0 Å². The summed E-state index contributed by atoms with van der Waals surface area (Å²) in [5.41, 5.74) is 4.21. The molecule has 1 aliphatic carbocycles. The Balaban J connectivity index is 2.01. The molecular weight excluding hydrogens is 295 g/mol. The molecule has 1 saturated carbocycles. The van der Waals surface area contributed by atoms with Crippen molar-refractivity contribution in [3.8, 4) is 0 Å². The molecule has 0 atom stereocenters. The van der Waals surface area contributed by atoms with Crippen molar-refractivity contribution in [1.29, 1.82) is 0 Å². The minimum absolute atomic E-state index is 0.554. The zero-order valence-electron chi connectivity index (χ0n) is 10.9. The molecule has 0 saturated heterocycles. The summed E-state index contributed by atoms with van der Waals surface area (Å²) in [6.07, 6.45) is 3.27. The zero-order chi connectivity index (χ0) is 13.7. The zero-order valence-corrected chi connectivity index (χ0v) is 12.4. The van der Waals surface area contributed by atoms with Crippen LogP contribution in [0.25, 0.3) is 10.9 Å². The van der Waals surface area contributed by atoms with Crippen molar-refractivity contribution in [1.82, 2.24) is 4.98 Å². The van der Waals surface area contributed by atoms with Gasteiger partial charge in [-0.1, -0.05) is 23.2 Å². The second-order valence-electron chi connectivity index (χ2n) is 5.41. The molecule has 1 aromatic heterocycles. The summed E-state index contributed by atoms with van der Waals surface area (Å²) in [6.45, 7) is 1.33. The van der Waals surface area contributed by atoms with Crippen LogP contribution >= 0.6 is 23.2 Å². The lowest BCUT2D eigenvalue weighted by atomic mass is 10.0. The topological polar surface area (TPSA) is 34.2 Å². The summed E-state index contributed by atoms with van der Waals surface area (Å²) in [6, 6.07) is 4.22. The number of benzene rings is 1. The van der Waals surface area contributed by atoms with Gasteiger partial charge in [0.1, 0.15) is 0 Å². The highest BCUT2D eigenvalue weighted by Gasteiger charge is 2.26. The third kappa shape index (κ3) is 2.14. The van der Waals surface area contributed by atoms with Crippen LogP contribution in [0, 0.1) is 0 Å². The van der Waals surface area contributed by atoms with Crippen LogP contribution in [0.5, 0.6) is 0 Å². The number of nitrogens with one attached hydrogen (secondary N) is 1. The average Bonchev–Trinajstić information content (AvgIpc) is 3.21. The maximum Gasteiger partial charge on any atom is 0.0756 e. The number of hydrogen-bond acceptors (Lipinski definition) is 3. The fourth-order valence-electron chi connectivity index (χ4n) is 2.70. The molecule has 2 aliphatic rings. The van der Waals surface area contributed by atoms with E-state index in [0.717, 1.165) is 40.9 Å². The number of aromatic nitrogens is 1. The first-order valence-corrected chi connectivity index (χ1v) is 7.63. The van der Waals surface area contributed by atoms with E-state index >= 15 is 0 Å². The van der Waals surface area contributed by atoms with Crippen LogP contribution in [-0.2, 0) is 17.8 Å². The van der Waals surface area contributed by atoms with Crippen molar-refractivity contribution >= 4 is 39.8 Å². The molecule has 1 aromatic carbocycles. The first kappa shape index (κ1) is 12.7. The van der Waals surface area contributed by atoms with Crippen molar-refractivity contribution in [3.63, 3.8) is 0 Å². The summed E-state index contributed by atoms with van der Waals surface area (Å²) in [4.78, 5) is 4.74. The number of halogens is 2. The van der Waals surface area contributed by atoms with Gasteiger partial charge in [-0.3, -0.25) is 4.98 Å². The molecule has 0 unspecified atom stereocenters. The molecule has 0 bridgehead atoms. The number of hydrogen-bond donors (Lipinski definition) is 1. The van der Waals surface area contributed by atoms with Gasteiger partial charge < -0.3 is 10.1 Å². The molecule has 2 aromatic rings. The van der Waals surface area contributed by atoms with Crippen LogP contribution in [0.2, 0.25) is 10.0 Å². The third-order valence-electron chi connectivity index (χ3n) is 3.85. The molecule has 4 rings (SSSR count). The van der Waals surface area contributed by atoms with Gasteiger partial charge in [-0.25, -0.2) is 0 Å². The van der Waals surface area contributed by atoms with Crippen molar-refractivity contribution in [3.05, 3.63) is 33.4 Å². The summed E-state index contributed by atoms with van der Waals surface area (Å²) in [5.74, 6) is 0. The maximum absolute atomic E-state index is 6.41. The minimum atomic E-state index is 0.554. The Bertz CT molecular complexity index is 698. The van der Waals surface area contributed by atoms with E-state index in [4.69, 9.17) is 32.9 Å². The molecular formula is C15H14Cl2N2O. The van der Waals surface area contributed by atoms with E-state index in [0.29, 0.717) is 22.7 Å². The highest BCUT2D eigenvalue weighted by Crippen LogP contribution is 2.39. The number of pyridine rings is 1. The van der Waals surface area contributed by atoms with E-state index in [9.17, 15) is 0 Å². The van der Waals surface area contributed by atoms with E-state index in [2.05, 4.69) is 5.32 Å². The fourth-order valence-corrected chi connectivity index (χ4v) is 3.28. The maximum atomic E-state index is 6.41. The average molecular weight is 309 g/mol. The molecule has 2 heterocycles. The second kappa shape index (κ2) is 4.76. The highest BCUT2D eigenvalue weighted by atomic mass is 35.5. The van der Waals surface area contributed by atoms with E-state index < -0.39 is 0 Å². The van der Waals surface area contributed by atoms with E-state index in [1.54, 1.807) is 6.07 Å². The Morgan fingerprint density at radius 3 is 2.90 bits per heavy atom. The molecule has 0 amide bonds. The standard InChI is InChI=1S/C15H14Cl2N2O/c16-8-5-11(17)14-13(6-8)19-12-3-4-20-7-10(12)15(14)18-9-1-2-9/h5-6,9H,1-4,7H2,(H,18,19). The van der Waals surface area contributed by atoms with E-state index in [-0.39, 0.29) is 0 Å². The monoisotopic (exact) mass is 308 g/mol. The Hall–Kier alpha value is -1.03. The first-order chi connectivity index (χ1) is 9.72. The van der Waals surface area contributed by atoms with Gasteiger partial charge in [0.2, 0.25) is 0 Å². The molecule has 1 aliphatic heterocycles. The molecule has 1 fully saturated rings. The molecule has 20 heavy (non-hydrogen) atoms. The van der Waals surface area contributed by atoms with Gasteiger partial charge in [-0.05, 0) is 25.0 Å². The summed E-state index contributed by atoms with van der Waals surface area (Å²) >= 11 is 12.5. The molecule has 1 N–H and O–H groups in total. The number of fused-ring (bicyclic) bond motifs is 2. The van der Waals surface area contributed by atoms with E-state index in [1.807, 2.05) is 6.07 Å². The van der Waals surface area contributed by atoms with E-state index in [1.165, 1.54) is 12.8 Å². The van der Waals surface area contributed by atoms with Crippen LogP contribution in [-0.4, -0.2) is 17.6 Å². The third-order valence-corrected chi connectivity index (χ3v) is 4.36. The van der Waals surface area contributed by atoms with Crippen LogP contribution in [0.4, 0.5) is 5.69 Å². The molecule has 104 valence electrons. The fraction of sp³-hybridized carbons (Fsp3) is 0.400. The Labute approximate surface area is 127 Å². The quantitative estimate of drug-likeness (QED) is 0.903. The summed E-state index contributed by atoms with van der Waals surface area (Å²) in [7, 11) is 0. The lowest BCUT2D eigenvalue weighted by molar-refractivity contribution is 0.110. The predicted octanol–water partition coefficient (Wildman–Crippen LogP) is 4.19. The number of ether oxygens (including phenoxy) is 1. The number of anilines is 1. The largest absolute Gasteiger partial charge is 0.381 e. The van der Waals surface area contributed by atoms with Gasteiger partial charge in [0, 0.05) is 28.4 Å². The predicted molar refractivity (Wildman–Crippen MR) is 81.8 cm³/mol. The van der Waals surface area contributed by atoms with Crippen molar-refractivity contribution in [2.75, 3.05) is 11.9 Å². The van der Waals surface area contributed by atoms with Gasteiger partial charge in [0.05, 0.1) is 35.1 Å². The molecule has 5 heteroatoms. The van der Waals surface area contributed by atoms with Crippen molar-refractivity contribution < 1.29 is 4.74 Å². The van der Waals surface area contributed by atoms with Gasteiger partial charge in [0.25, 0.3) is 0 Å². The molecule has 3 nitrogen and oxygen atoms in total. The molecule has 0 radical (unpaired) electrons. The first-order valence-electron chi connectivity index (χ1n) is 6.87. The lowest BCUT2D eigenvalue weighted by Crippen LogP contribution is -2.16.